The minimum atomic E-state index is -0.170. The Labute approximate surface area is 281 Å². The molecule has 0 spiro atoms. The van der Waals surface area contributed by atoms with E-state index >= 15 is 0 Å². The van der Waals surface area contributed by atoms with Gasteiger partial charge in [0.25, 0.3) is 0 Å². The minimum Gasteiger partial charge on any atom is -0.512 e. The summed E-state index contributed by atoms with van der Waals surface area (Å²) in [5.74, 6) is 0.547. The average molecular weight is 776 g/mol. The van der Waals surface area contributed by atoms with Gasteiger partial charge in [0, 0.05) is 55.5 Å². The molecule has 0 amide bonds. The van der Waals surface area contributed by atoms with Crippen LogP contribution in [0.5, 0.6) is 0 Å². The number of aliphatic hydroxyl groups excluding tert-OH is 1. The molecule has 1 aliphatic rings. The predicted molar refractivity (Wildman–Crippen MR) is 183 cm³/mol. The van der Waals surface area contributed by atoms with Gasteiger partial charge in [-0.2, -0.15) is 0 Å². The first-order valence-electron chi connectivity index (χ1n) is 16.0. The van der Waals surface area contributed by atoms with Gasteiger partial charge >= 0.3 is 0 Å². The minimum absolute atomic E-state index is 0. The van der Waals surface area contributed by atoms with Crippen LogP contribution < -0.4 is 0 Å². The van der Waals surface area contributed by atoms with E-state index in [9.17, 15) is 9.90 Å². The molecule has 2 heterocycles. The summed E-state index contributed by atoms with van der Waals surface area (Å²) in [6, 6.07) is 29.1. The number of ketones is 1. The van der Waals surface area contributed by atoms with Gasteiger partial charge in [-0.25, -0.2) is 4.98 Å². The average Bonchev–Trinajstić information content (AvgIpc) is 3.04. The first-order chi connectivity index (χ1) is 21.2. The quantitative estimate of drug-likeness (QED) is 0.0969. The summed E-state index contributed by atoms with van der Waals surface area (Å²) >= 11 is 0. The first-order valence-corrected chi connectivity index (χ1v) is 16.0. The molecule has 0 unspecified atom stereocenters. The Bertz CT molecular complexity index is 1820. The number of carbonyl (C=O) groups is 1. The van der Waals surface area contributed by atoms with Crippen molar-refractivity contribution in [1.29, 1.82) is 0 Å². The van der Waals surface area contributed by atoms with Gasteiger partial charge in [0.1, 0.15) is 0 Å². The van der Waals surface area contributed by atoms with Crippen molar-refractivity contribution < 1.29 is 30.0 Å². The van der Waals surface area contributed by atoms with Gasteiger partial charge in [-0.1, -0.05) is 107 Å². The Morgan fingerprint density at radius 2 is 1.51 bits per heavy atom. The third kappa shape index (κ3) is 6.81. The molecule has 235 valence electrons. The van der Waals surface area contributed by atoms with Crippen LogP contribution in [0.3, 0.4) is 0 Å². The number of aliphatic hydroxyl groups is 1. The molecule has 5 heteroatoms. The molecular weight excluding hydrogens is 733 g/mol. The summed E-state index contributed by atoms with van der Waals surface area (Å²) in [4.78, 5) is 21.5. The van der Waals surface area contributed by atoms with Gasteiger partial charge in [0.15, 0.2) is 5.78 Å². The van der Waals surface area contributed by atoms with Crippen molar-refractivity contribution in [2.75, 3.05) is 0 Å². The molecule has 0 atom stereocenters. The van der Waals surface area contributed by atoms with Gasteiger partial charge in [-0.05, 0) is 54.2 Å². The number of benzene rings is 3. The molecule has 4 nitrogen and oxygen atoms in total. The first kappa shape index (κ1) is 34.2. The summed E-state index contributed by atoms with van der Waals surface area (Å²) < 4.78 is 0. The van der Waals surface area contributed by atoms with Crippen LogP contribution in [0.15, 0.2) is 90.8 Å². The number of fused-ring (bicyclic) bond motifs is 3. The molecule has 5 aromatic rings. The fourth-order valence-corrected chi connectivity index (χ4v) is 6.39. The monoisotopic (exact) mass is 776 g/mol. The van der Waals surface area contributed by atoms with E-state index in [1.54, 1.807) is 0 Å². The smallest absolute Gasteiger partial charge is 0.162 e. The van der Waals surface area contributed by atoms with E-state index in [-0.39, 0.29) is 48.9 Å². The van der Waals surface area contributed by atoms with Gasteiger partial charge in [0.2, 0.25) is 0 Å². The Hall–Kier alpha value is -3.66. The third-order valence-electron chi connectivity index (χ3n) is 9.24. The number of hydrogen-bond donors (Lipinski definition) is 1. The number of hydrogen-bond acceptors (Lipinski definition) is 4. The number of nitrogens with zero attached hydrogens (tertiary/aromatic N) is 2. The molecule has 1 radical (unpaired) electrons. The maximum Gasteiger partial charge on any atom is 0.162 e. The number of rotatable bonds is 8. The van der Waals surface area contributed by atoms with E-state index in [4.69, 9.17) is 9.97 Å². The van der Waals surface area contributed by atoms with Crippen molar-refractivity contribution >= 4 is 27.5 Å². The summed E-state index contributed by atoms with van der Waals surface area (Å²) in [5.41, 5.74) is 7.60. The van der Waals surface area contributed by atoms with Crippen LogP contribution in [-0.4, -0.2) is 20.9 Å². The molecule has 0 bridgehead atoms. The zero-order chi connectivity index (χ0) is 31.4. The van der Waals surface area contributed by atoms with Crippen LogP contribution in [0.4, 0.5) is 0 Å². The summed E-state index contributed by atoms with van der Waals surface area (Å²) in [5, 5.41) is 13.2. The Morgan fingerprint density at radius 1 is 0.867 bits per heavy atom. The van der Waals surface area contributed by atoms with E-state index in [1.165, 1.54) is 22.6 Å². The third-order valence-corrected chi connectivity index (χ3v) is 9.24. The molecule has 2 aromatic heterocycles. The van der Waals surface area contributed by atoms with Crippen LogP contribution in [0.2, 0.25) is 0 Å². The van der Waals surface area contributed by atoms with E-state index in [1.807, 2.05) is 46.0 Å². The van der Waals surface area contributed by atoms with Crippen molar-refractivity contribution in [3.05, 3.63) is 108 Å². The van der Waals surface area contributed by atoms with Crippen molar-refractivity contribution in [3.8, 4) is 22.5 Å². The van der Waals surface area contributed by atoms with E-state index in [0.717, 1.165) is 64.5 Å². The van der Waals surface area contributed by atoms with Gasteiger partial charge in [-0.3, -0.25) is 9.78 Å². The fraction of sp³-hybridized carbons (Fsp3) is 0.325. The molecular formula is C40H43IrN2O2-. The molecule has 3 aromatic carbocycles. The topological polar surface area (TPSA) is 63.1 Å². The number of aromatic nitrogens is 2. The van der Waals surface area contributed by atoms with Crippen molar-refractivity contribution in [3.63, 3.8) is 0 Å². The molecule has 6 rings (SSSR count). The van der Waals surface area contributed by atoms with Gasteiger partial charge < -0.3 is 5.11 Å². The summed E-state index contributed by atoms with van der Waals surface area (Å²) in [6.07, 6.45) is 6.78. The van der Waals surface area contributed by atoms with E-state index in [0.29, 0.717) is 0 Å². The van der Waals surface area contributed by atoms with Crippen molar-refractivity contribution in [2.24, 2.45) is 11.8 Å². The van der Waals surface area contributed by atoms with Gasteiger partial charge in [0.05, 0.1) is 17.0 Å². The maximum atomic E-state index is 11.7. The zero-order valence-electron chi connectivity index (χ0n) is 27.1. The second kappa shape index (κ2) is 14.6. The Morgan fingerprint density at radius 3 is 2.18 bits per heavy atom. The summed E-state index contributed by atoms with van der Waals surface area (Å²) in [6.45, 7) is 12.7. The second-order valence-corrected chi connectivity index (χ2v) is 12.2. The molecule has 0 saturated heterocycles. The van der Waals surface area contributed by atoms with Crippen molar-refractivity contribution in [2.45, 2.75) is 72.6 Å². The summed E-state index contributed by atoms with van der Waals surface area (Å²) in [7, 11) is 0. The molecule has 0 fully saturated rings. The van der Waals surface area contributed by atoms with Crippen LogP contribution >= 0.6 is 0 Å². The van der Waals surface area contributed by atoms with E-state index in [2.05, 4.69) is 80.6 Å². The molecule has 45 heavy (non-hydrogen) atoms. The number of pyridine rings is 2. The van der Waals surface area contributed by atoms with Crippen LogP contribution in [0, 0.1) is 17.9 Å². The number of carbonyl (C=O) groups excluding carboxylic acids is 1. The van der Waals surface area contributed by atoms with Crippen LogP contribution in [0.1, 0.15) is 78.4 Å². The van der Waals surface area contributed by atoms with Crippen molar-refractivity contribution in [1.82, 2.24) is 9.97 Å². The normalized spacial score (nSPS) is 13.3. The Kier molecular flexibility index (Phi) is 11.1. The molecule has 0 saturated carbocycles. The van der Waals surface area contributed by atoms with E-state index < -0.39 is 0 Å². The maximum absolute atomic E-state index is 11.7. The van der Waals surface area contributed by atoms with Crippen LogP contribution in [-0.2, 0) is 30.3 Å². The molecule has 0 aliphatic heterocycles. The SMILES string of the molecule is CC1(C)c2cc3ccccc3[c-]c2-c2nccc3nc(-c4ccccc4)cc1c23.CCC(CC)C(=O)/C=C(\O)C(CC)CC.[Ir]. The van der Waals surface area contributed by atoms with Crippen LogP contribution in [0.25, 0.3) is 44.2 Å². The molecule has 1 N–H and O–H groups in total. The predicted octanol–water partition coefficient (Wildman–Crippen LogP) is 10.4. The zero-order valence-corrected chi connectivity index (χ0v) is 29.5. The second-order valence-electron chi connectivity index (χ2n) is 12.2. The molecule has 1 aliphatic carbocycles. The van der Waals surface area contributed by atoms with Gasteiger partial charge in [-0.15, -0.1) is 23.6 Å². The number of allylic oxidation sites excluding steroid dienone is 2. The Balaban J connectivity index is 0.000000249. The fourth-order valence-electron chi connectivity index (χ4n) is 6.39. The largest absolute Gasteiger partial charge is 0.512 e. The standard InChI is InChI=1S/C27H19N2.C13H24O2.Ir/c1-27(2)21-15-19-11-7-6-10-18(19)14-20(21)26-25-22(27)16-24(17-8-4-3-5-9-17)29-23(25)12-13-28-26;1-5-10(6-2)12(14)9-13(15)11(7-3)8-4;/h3-13,15-16H,1-2H3;9-11,14H,5-8H2,1-4H3;/q-1;;/b;12-9-;.